The lowest BCUT2D eigenvalue weighted by Crippen LogP contribution is -2.15. The molecule has 0 unspecified atom stereocenters. The van der Waals surface area contributed by atoms with Crippen molar-refractivity contribution in [2.75, 3.05) is 13.2 Å². The van der Waals surface area contributed by atoms with Gasteiger partial charge >= 0.3 is 5.97 Å². The van der Waals surface area contributed by atoms with E-state index in [2.05, 4.69) is 11.1 Å². The summed E-state index contributed by atoms with van der Waals surface area (Å²) in [4.78, 5) is 16.5. The molecule has 1 aliphatic rings. The fraction of sp³-hybridized carbons (Fsp3) is 0.200. The Bertz CT molecular complexity index is 1010. The Morgan fingerprint density at radius 1 is 1.04 bits per heavy atom. The average molecular weight is 335 g/mol. The third-order valence-corrected chi connectivity index (χ3v) is 4.36. The molecule has 1 N–H and O–H groups in total. The molecule has 5 heteroatoms. The normalized spacial score (nSPS) is 13.0. The van der Waals surface area contributed by atoms with Gasteiger partial charge in [-0.2, -0.15) is 0 Å². The molecular weight excluding hydrogens is 318 g/mol. The van der Waals surface area contributed by atoms with Crippen LogP contribution in [0.5, 0.6) is 11.5 Å². The van der Waals surface area contributed by atoms with Gasteiger partial charge in [0.05, 0.1) is 16.8 Å². The molecule has 0 radical (unpaired) electrons. The number of rotatable bonds is 2. The van der Waals surface area contributed by atoms with Crippen molar-refractivity contribution in [2.45, 2.75) is 13.8 Å². The zero-order chi connectivity index (χ0) is 17.6. The molecule has 0 atom stereocenters. The molecule has 0 bridgehead atoms. The van der Waals surface area contributed by atoms with E-state index in [0.717, 1.165) is 16.7 Å². The molecule has 4 rings (SSSR count). The van der Waals surface area contributed by atoms with Crippen molar-refractivity contribution >= 4 is 16.9 Å². The Labute approximate surface area is 144 Å². The summed E-state index contributed by atoms with van der Waals surface area (Å²) in [5.41, 5.74) is 4.56. The Morgan fingerprint density at radius 3 is 2.44 bits per heavy atom. The van der Waals surface area contributed by atoms with E-state index in [9.17, 15) is 9.90 Å². The number of aromatic carboxylic acids is 1. The predicted molar refractivity (Wildman–Crippen MR) is 94.6 cm³/mol. The molecule has 126 valence electrons. The van der Waals surface area contributed by atoms with Crippen LogP contribution in [0.4, 0.5) is 0 Å². The third kappa shape index (κ3) is 2.67. The molecule has 2 aromatic carbocycles. The highest BCUT2D eigenvalue weighted by Crippen LogP contribution is 2.37. The van der Waals surface area contributed by atoms with Crippen molar-refractivity contribution in [1.82, 2.24) is 4.98 Å². The van der Waals surface area contributed by atoms with Crippen LogP contribution in [0.3, 0.4) is 0 Å². The highest BCUT2D eigenvalue weighted by Gasteiger charge is 2.19. The Balaban J connectivity index is 1.99. The number of nitrogens with zero attached hydrogens (tertiary/aromatic N) is 1. The van der Waals surface area contributed by atoms with Crippen molar-refractivity contribution in [1.29, 1.82) is 0 Å². The molecule has 0 saturated carbocycles. The summed E-state index contributed by atoms with van der Waals surface area (Å²) in [5, 5.41) is 10.2. The summed E-state index contributed by atoms with van der Waals surface area (Å²) in [6.07, 6.45) is 0. The molecule has 0 saturated heterocycles. The van der Waals surface area contributed by atoms with Gasteiger partial charge in [-0.05, 0) is 31.5 Å². The fourth-order valence-electron chi connectivity index (χ4n) is 3.18. The molecule has 5 nitrogen and oxygen atoms in total. The summed E-state index contributed by atoms with van der Waals surface area (Å²) in [6.45, 7) is 4.95. The van der Waals surface area contributed by atoms with Gasteiger partial charge in [0.25, 0.3) is 0 Å². The zero-order valence-corrected chi connectivity index (χ0v) is 14.0. The minimum absolute atomic E-state index is 0.206. The zero-order valence-electron chi connectivity index (χ0n) is 14.0. The quantitative estimate of drug-likeness (QED) is 0.767. The van der Waals surface area contributed by atoms with Gasteiger partial charge in [0.15, 0.2) is 11.5 Å². The topological polar surface area (TPSA) is 68.7 Å². The van der Waals surface area contributed by atoms with Crippen molar-refractivity contribution in [3.8, 4) is 22.8 Å². The van der Waals surface area contributed by atoms with Crippen molar-refractivity contribution < 1.29 is 19.4 Å². The van der Waals surface area contributed by atoms with Crippen LogP contribution in [0.15, 0.2) is 36.4 Å². The van der Waals surface area contributed by atoms with Crippen LogP contribution in [-0.4, -0.2) is 29.3 Å². The van der Waals surface area contributed by atoms with Gasteiger partial charge in [-0.25, -0.2) is 9.78 Å². The number of aryl methyl sites for hydroxylation is 2. The van der Waals surface area contributed by atoms with Gasteiger partial charge in [-0.1, -0.05) is 23.8 Å². The first-order valence-corrected chi connectivity index (χ1v) is 8.08. The number of carbonyl (C=O) groups is 1. The van der Waals surface area contributed by atoms with E-state index < -0.39 is 5.97 Å². The summed E-state index contributed by atoms with van der Waals surface area (Å²) < 4.78 is 11.2. The number of pyridine rings is 1. The van der Waals surface area contributed by atoms with Crippen LogP contribution in [-0.2, 0) is 0 Å². The highest BCUT2D eigenvalue weighted by atomic mass is 16.6. The molecular formula is C20H17NO4. The van der Waals surface area contributed by atoms with Crippen molar-refractivity contribution in [2.24, 2.45) is 0 Å². The lowest BCUT2D eigenvalue weighted by molar-refractivity contribution is 0.0699. The van der Waals surface area contributed by atoms with E-state index in [1.165, 1.54) is 0 Å². The number of ether oxygens (including phenoxy) is 2. The van der Waals surface area contributed by atoms with E-state index in [4.69, 9.17) is 9.47 Å². The minimum Gasteiger partial charge on any atom is -0.486 e. The summed E-state index contributed by atoms with van der Waals surface area (Å²) in [7, 11) is 0. The van der Waals surface area contributed by atoms with Gasteiger partial charge in [-0.3, -0.25) is 0 Å². The second-order valence-corrected chi connectivity index (χ2v) is 6.19. The molecule has 0 aliphatic carbocycles. The maximum atomic E-state index is 11.8. The van der Waals surface area contributed by atoms with Crippen molar-refractivity contribution in [3.63, 3.8) is 0 Å². The smallest absolute Gasteiger partial charge is 0.336 e. The van der Waals surface area contributed by atoms with Crippen molar-refractivity contribution in [3.05, 3.63) is 53.1 Å². The van der Waals surface area contributed by atoms with Crippen LogP contribution < -0.4 is 9.47 Å². The summed E-state index contributed by atoms with van der Waals surface area (Å²) in [6, 6.07) is 11.1. The maximum Gasteiger partial charge on any atom is 0.336 e. The minimum atomic E-state index is -0.991. The van der Waals surface area contributed by atoms with Gasteiger partial charge in [0.1, 0.15) is 13.2 Å². The first kappa shape index (κ1) is 15.4. The van der Waals surface area contributed by atoms with E-state index in [-0.39, 0.29) is 5.56 Å². The van der Waals surface area contributed by atoms with E-state index in [1.54, 1.807) is 18.2 Å². The number of hydrogen-bond donors (Lipinski definition) is 1. The monoisotopic (exact) mass is 335 g/mol. The standard InChI is InChI=1S/C20H17NO4/c1-11-3-4-13(12(2)7-11)16-8-15(20(22)23)14-9-18-19(10-17(14)21-16)25-6-5-24-18/h3-4,7-10H,5-6H2,1-2H3,(H,22,23). The first-order chi connectivity index (χ1) is 12.0. The molecule has 1 aromatic heterocycles. The second kappa shape index (κ2) is 5.77. The van der Waals surface area contributed by atoms with Crippen LogP contribution >= 0.6 is 0 Å². The molecule has 25 heavy (non-hydrogen) atoms. The highest BCUT2D eigenvalue weighted by molar-refractivity contribution is 6.04. The number of fused-ring (bicyclic) bond motifs is 2. The average Bonchev–Trinajstić information content (AvgIpc) is 2.59. The summed E-state index contributed by atoms with van der Waals surface area (Å²) in [5.74, 6) is 0.165. The summed E-state index contributed by atoms with van der Waals surface area (Å²) >= 11 is 0. The van der Waals surface area contributed by atoms with Gasteiger partial charge < -0.3 is 14.6 Å². The van der Waals surface area contributed by atoms with Crippen LogP contribution in [0.25, 0.3) is 22.2 Å². The lowest BCUT2D eigenvalue weighted by Gasteiger charge is -2.19. The second-order valence-electron chi connectivity index (χ2n) is 6.19. The number of aromatic nitrogens is 1. The SMILES string of the molecule is Cc1ccc(-c2cc(C(=O)O)c3cc4c(cc3n2)OCCO4)c(C)c1. The number of carboxylic acid groups (broad SMARTS) is 1. The Kier molecular flexibility index (Phi) is 3.57. The number of hydrogen-bond acceptors (Lipinski definition) is 4. The fourth-order valence-corrected chi connectivity index (χ4v) is 3.18. The van der Waals surface area contributed by atoms with Crippen LogP contribution in [0.1, 0.15) is 21.5 Å². The molecule has 0 spiro atoms. The molecule has 0 fully saturated rings. The first-order valence-electron chi connectivity index (χ1n) is 8.08. The molecule has 3 aromatic rings. The van der Waals surface area contributed by atoms with Gasteiger partial charge in [0, 0.05) is 17.0 Å². The maximum absolute atomic E-state index is 11.8. The Morgan fingerprint density at radius 2 is 1.76 bits per heavy atom. The largest absolute Gasteiger partial charge is 0.486 e. The molecule has 0 amide bonds. The Hall–Kier alpha value is -3.08. The van der Waals surface area contributed by atoms with E-state index >= 15 is 0 Å². The van der Waals surface area contributed by atoms with Gasteiger partial charge in [-0.15, -0.1) is 0 Å². The predicted octanol–water partition coefficient (Wildman–Crippen LogP) is 3.99. The van der Waals surface area contributed by atoms with Crippen LogP contribution in [0, 0.1) is 13.8 Å². The number of benzene rings is 2. The number of carboxylic acids is 1. The lowest BCUT2D eigenvalue weighted by atomic mass is 9.99. The van der Waals surface area contributed by atoms with E-state index in [0.29, 0.717) is 41.3 Å². The molecule has 1 aliphatic heterocycles. The van der Waals surface area contributed by atoms with E-state index in [1.807, 2.05) is 26.0 Å². The van der Waals surface area contributed by atoms with Crippen LogP contribution in [0.2, 0.25) is 0 Å². The van der Waals surface area contributed by atoms with Gasteiger partial charge in [0.2, 0.25) is 0 Å². The third-order valence-electron chi connectivity index (χ3n) is 4.36. The molecule has 2 heterocycles.